The normalized spacial score (nSPS) is 24.5. The van der Waals surface area contributed by atoms with Gasteiger partial charge in [-0.15, -0.1) is 0 Å². The zero-order valence-corrected chi connectivity index (χ0v) is 26.1. The van der Waals surface area contributed by atoms with Crippen molar-refractivity contribution in [1.82, 2.24) is 24.3 Å². The summed E-state index contributed by atoms with van der Waals surface area (Å²) in [6, 6.07) is 23.0. The van der Waals surface area contributed by atoms with E-state index < -0.39 is 0 Å². The Kier molecular flexibility index (Phi) is 7.93. The quantitative estimate of drug-likeness (QED) is 0.274. The molecule has 2 atom stereocenters. The minimum atomic E-state index is 0.242. The molecule has 3 fully saturated rings. The summed E-state index contributed by atoms with van der Waals surface area (Å²) in [5.41, 5.74) is 4.24. The van der Waals surface area contributed by atoms with Crippen LogP contribution in [0.1, 0.15) is 90.1 Å². The predicted octanol–water partition coefficient (Wildman–Crippen LogP) is 7.53. The Labute approximate surface area is 248 Å². The van der Waals surface area contributed by atoms with E-state index in [1.54, 1.807) is 0 Å². The lowest BCUT2D eigenvalue weighted by molar-refractivity contribution is 0.0760. The molecule has 2 bridgehead atoms. The number of hydrogen-bond donors (Lipinski definition) is 0. The summed E-state index contributed by atoms with van der Waals surface area (Å²) >= 11 is 0. The molecular weight excluding hydrogens is 502 g/mol. The molecule has 220 valence electrons. The smallest absolute Gasteiger partial charge is 0.106 e. The van der Waals surface area contributed by atoms with Crippen LogP contribution in [0.5, 0.6) is 0 Å². The number of para-hydroxylation sites is 2. The number of rotatable bonds is 9. The number of fused-ring (bicyclic) bond motifs is 3. The van der Waals surface area contributed by atoms with Crippen molar-refractivity contribution in [2.45, 2.75) is 115 Å². The average molecular weight is 554 g/mol. The van der Waals surface area contributed by atoms with Crippen LogP contribution in [0.25, 0.3) is 11.0 Å². The minimum absolute atomic E-state index is 0.242. The van der Waals surface area contributed by atoms with E-state index in [1.165, 1.54) is 74.2 Å². The molecule has 0 spiro atoms. The maximum Gasteiger partial charge on any atom is 0.106 e. The second kappa shape index (κ2) is 11.5. The van der Waals surface area contributed by atoms with E-state index in [9.17, 15) is 0 Å². The molecule has 0 N–H and O–H groups in total. The van der Waals surface area contributed by atoms with Gasteiger partial charge in [0.1, 0.15) is 5.82 Å². The van der Waals surface area contributed by atoms with Gasteiger partial charge >= 0.3 is 0 Å². The summed E-state index contributed by atoms with van der Waals surface area (Å²) in [6.45, 7) is 19.3. The molecule has 0 saturated carbocycles. The molecule has 0 aliphatic carbocycles. The lowest BCUT2D eigenvalue weighted by Crippen LogP contribution is -2.50. The first-order valence-electron chi connectivity index (χ1n) is 16.2. The zero-order chi connectivity index (χ0) is 28.7. The fourth-order valence-electron chi connectivity index (χ4n) is 8.81. The van der Waals surface area contributed by atoms with E-state index in [0.717, 1.165) is 18.6 Å². The molecule has 5 nitrogen and oxygen atoms in total. The van der Waals surface area contributed by atoms with Crippen LogP contribution < -0.4 is 0 Å². The van der Waals surface area contributed by atoms with Crippen molar-refractivity contribution in [3.05, 3.63) is 78.4 Å². The predicted molar refractivity (Wildman–Crippen MR) is 171 cm³/mol. The fourth-order valence-corrected chi connectivity index (χ4v) is 8.81. The molecule has 2 unspecified atom stereocenters. The third-order valence-electron chi connectivity index (χ3n) is 10.7. The van der Waals surface area contributed by atoms with Gasteiger partial charge in [0.2, 0.25) is 0 Å². The van der Waals surface area contributed by atoms with Crippen molar-refractivity contribution in [1.29, 1.82) is 0 Å². The van der Waals surface area contributed by atoms with E-state index in [2.05, 4.69) is 115 Å². The molecule has 3 saturated heterocycles. The summed E-state index contributed by atoms with van der Waals surface area (Å²) in [6.07, 6.45) is 8.85. The molecule has 1 aromatic heterocycles. The van der Waals surface area contributed by atoms with Gasteiger partial charge in [-0.05, 0) is 109 Å². The first-order chi connectivity index (χ1) is 19.8. The van der Waals surface area contributed by atoms with E-state index in [1.807, 2.05) is 0 Å². The highest BCUT2D eigenvalue weighted by Gasteiger charge is 2.44. The summed E-state index contributed by atoms with van der Waals surface area (Å²) in [4.78, 5) is 12.9. The number of nitrogens with zero attached hydrogens (tertiary/aromatic N) is 5. The monoisotopic (exact) mass is 553 g/mol. The molecule has 0 amide bonds. The Bertz CT molecular complexity index is 1310. The van der Waals surface area contributed by atoms with Crippen LogP contribution in [-0.4, -0.2) is 68.1 Å². The van der Waals surface area contributed by atoms with Gasteiger partial charge in [0.25, 0.3) is 0 Å². The standard InChI is InChI=1S/C36H51N5/c1-26(2)40(27(3)4)29(6)38-21-18-36(19-22-38,30-12-8-7-9-13-30)20-23-39-31-16-17-32(39)25-33(24-31)41-28(5)37-34-14-10-11-15-35(34)41/h7-15,26-27,31-33H,6,16-25H2,1-5H3. The van der Waals surface area contributed by atoms with Crippen LogP contribution in [0.15, 0.2) is 67.0 Å². The summed E-state index contributed by atoms with van der Waals surface area (Å²) < 4.78 is 2.56. The molecule has 6 rings (SSSR count). The van der Waals surface area contributed by atoms with Crippen LogP contribution in [0.3, 0.4) is 0 Å². The van der Waals surface area contributed by atoms with E-state index in [4.69, 9.17) is 4.98 Å². The lowest BCUT2D eigenvalue weighted by Gasteiger charge is -2.48. The summed E-state index contributed by atoms with van der Waals surface area (Å²) in [5.74, 6) is 2.38. The average Bonchev–Trinajstić information content (AvgIpc) is 3.42. The molecule has 41 heavy (non-hydrogen) atoms. The summed E-state index contributed by atoms with van der Waals surface area (Å²) in [7, 11) is 0. The Morgan fingerprint density at radius 3 is 2.15 bits per heavy atom. The number of piperidine rings is 2. The Morgan fingerprint density at radius 1 is 0.902 bits per heavy atom. The molecule has 3 aliphatic rings. The van der Waals surface area contributed by atoms with Gasteiger partial charge in [-0.25, -0.2) is 4.98 Å². The highest BCUT2D eigenvalue weighted by Crippen LogP contribution is 2.45. The van der Waals surface area contributed by atoms with Gasteiger partial charge in [-0.1, -0.05) is 49.0 Å². The SMILES string of the molecule is C=C(N1CCC(CCN2C3CCC2CC(n2c(C)nc4ccccc42)C3)(c2ccccc2)CC1)N(C(C)C)C(C)C. The van der Waals surface area contributed by atoms with Crippen molar-refractivity contribution < 1.29 is 0 Å². The van der Waals surface area contributed by atoms with Crippen molar-refractivity contribution in [3.63, 3.8) is 0 Å². The van der Waals surface area contributed by atoms with Crippen LogP contribution >= 0.6 is 0 Å². The first-order valence-corrected chi connectivity index (χ1v) is 16.2. The third kappa shape index (κ3) is 5.31. The lowest BCUT2D eigenvalue weighted by atomic mass is 9.70. The third-order valence-corrected chi connectivity index (χ3v) is 10.7. The maximum atomic E-state index is 4.90. The number of aromatic nitrogens is 2. The number of likely N-dealkylation sites (tertiary alicyclic amines) is 1. The molecule has 4 heterocycles. The molecule has 3 aliphatic heterocycles. The maximum absolute atomic E-state index is 4.90. The highest BCUT2D eigenvalue weighted by atomic mass is 15.3. The van der Waals surface area contributed by atoms with Crippen molar-refractivity contribution in [2.75, 3.05) is 19.6 Å². The van der Waals surface area contributed by atoms with Crippen molar-refractivity contribution in [2.24, 2.45) is 0 Å². The topological polar surface area (TPSA) is 27.5 Å². The summed E-state index contributed by atoms with van der Waals surface area (Å²) in [5, 5.41) is 0. The van der Waals surface area contributed by atoms with Gasteiger partial charge in [0.15, 0.2) is 0 Å². The highest BCUT2D eigenvalue weighted by molar-refractivity contribution is 5.76. The van der Waals surface area contributed by atoms with Crippen LogP contribution in [-0.2, 0) is 5.41 Å². The van der Waals surface area contributed by atoms with E-state index >= 15 is 0 Å². The molecule has 5 heteroatoms. The zero-order valence-electron chi connectivity index (χ0n) is 26.1. The van der Waals surface area contributed by atoms with Gasteiger partial charge in [-0.3, -0.25) is 4.90 Å². The fraction of sp³-hybridized carbons (Fsp3) is 0.583. The van der Waals surface area contributed by atoms with Crippen LogP contribution in [0.2, 0.25) is 0 Å². The second-order valence-corrected chi connectivity index (χ2v) is 13.7. The number of hydrogen-bond acceptors (Lipinski definition) is 4. The molecule has 0 radical (unpaired) electrons. The number of imidazole rings is 1. The first kappa shape index (κ1) is 28.3. The molecular formula is C36H51N5. The van der Waals surface area contributed by atoms with Crippen molar-refractivity contribution >= 4 is 11.0 Å². The Hall–Kier alpha value is -2.79. The Balaban J connectivity index is 1.16. The van der Waals surface area contributed by atoms with Crippen molar-refractivity contribution in [3.8, 4) is 0 Å². The van der Waals surface area contributed by atoms with Crippen LogP contribution in [0, 0.1) is 6.92 Å². The van der Waals surface area contributed by atoms with Gasteiger partial charge < -0.3 is 14.4 Å². The minimum Gasteiger partial charge on any atom is -0.359 e. The van der Waals surface area contributed by atoms with E-state index in [-0.39, 0.29) is 5.41 Å². The van der Waals surface area contributed by atoms with E-state index in [0.29, 0.717) is 30.2 Å². The number of benzene rings is 2. The number of aryl methyl sites for hydroxylation is 1. The second-order valence-electron chi connectivity index (χ2n) is 13.7. The Morgan fingerprint density at radius 2 is 1.51 bits per heavy atom. The molecule has 3 aromatic rings. The van der Waals surface area contributed by atoms with Gasteiger partial charge in [-0.2, -0.15) is 0 Å². The van der Waals surface area contributed by atoms with Gasteiger partial charge in [0, 0.05) is 43.3 Å². The molecule has 2 aromatic carbocycles. The van der Waals surface area contributed by atoms with Gasteiger partial charge in [0.05, 0.1) is 16.9 Å². The largest absolute Gasteiger partial charge is 0.359 e. The van der Waals surface area contributed by atoms with Crippen LogP contribution in [0.4, 0.5) is 0 Å².